The molecule has 2 unspecified atom stereocenters. The fourth-order valence-corrected chi connectivity index (χ4v) is 2.77. The van der Waals surface area contributed by atoms with Crippen molar-refractivity contribution in [2.45, 2.75) is 57.0 Å². The maximum atomic E-state index is 3.64. The molecule has 2 fully saturated rings. The largest absolute Gasteiger partial charge is 0.314 e. The minimum Gasteiger partial charge on any atom is -0.314 e. The highest BCUT2D eigenvalue weighted by Gasteiger charge is 2.31. The first-order valence-electron chi connectivity index (χ1n) is 5.77. The van der Waals surface area contributed by atoms with Crippen LogP contribution in [0.25, 0.3) is 0 Å². The Morgan fingerprint density at radius 2 is 2.15 bits per heavy atom. The Labute approximate surface area is 81.5 Å². The van der Waals surface area contributed by atoms with Gasteiger partial charge in [0.15, 0.2) is 0 Å². The number of hydrogen-bond donors (Lipinski definition) is 2. The van der Waals surface area contributed by atoms with Gasteiger partial charge in [0.2, 0.25) is 0 Å². The predicted molar refractivity (Wildman–Crippen MR) is 55.9 cm³/mol. The van der Waals surface area contributed by atoms with Gasteiger partial charge in [-0.3, -0.25) is 0 Å². The van der Waals surface area contributed by atoms with Gasteiger partial charge in [-0.1, -0.05) is 6.42 Å². The third-order valence-corrected chi connectivity index (χ3v) is 3.57. The van der Waals surface area contributed by atoms with Gasteiger partial charge < -0.3 is 10.6 Å². The molecule has 2 N–H and O–H groups in total. The summed E-state index contributed by atoms with van der Waals surface area (Å²) >= 11 is 0. The SMILES string of the molecule is CC1(CC2CCCCN2)CCCN1. The van der Waals surface area contributed by atoms with E-state index in [1.807, 2.05) is 0 Å². The Hall–Kier alpha value is -0.0800. The van der Waals surface area contributed by atoms with E-state index in [4.69, 9.17) is 0 Å². The van der Waals surface area contributed by atoms with Crippen LogP contribution in [0.3, 0.4) is 0 Å². The molecule has 2 heterocycles. The number of nitrogens with one attached hydrogen (secondary N) is 2. The highest BCUT2D eigenvalue weighted by molar-refractivity contribution is 4.92. The summed E-state index contributed by atoms with van der Waals surface area (Å²) < 4.78 is 0. The fraction of sp³-hybridized carbons (Fsp3) is 1.00. The van der Waals surface area contributed by atoms with Gasteiger partial charge in [0.25, 0.3) is 0 Å². The van der Waals surface area contributed by atoms with E-state index in [0.29, 0.717) is 5.54 Å². The molecule has 2 rings (SSSR count). The van der Waals surface area contributed by atoms with Crippen LogP contribution in [0.1, 0.15) is 45.4 Å². The molecule has 0 aromatic heterocycles. The number of piperidine rings is 1. The second kappa shape index (κ2) is 3.97. The van der Waals surface area contributed by atoms with E-state index in [1.165, 1.54) is 51.6 Å². The topological polar surface area (TPSA) is 24.1 Å². The van der Waals surface area contributed by atoms with Crippen molar-refractivity contribution in [3.8, 4) is 0 Å². The highest BCUT2D eigenvalue weighted by atomic mass is 15.0. The summed E-state index contributed by atoms with van der Waals surface area (Å²) in [6.45, 7) is 4.85. The van der Waals surface area contributed by atoms with Gasteiger partial charge in [-0.15, -0.1) is 0 Å². The molecule has 0 spiro atoms. The maximum absolute atomic E-state index is 3.64. The Balaban J connectivity index is 1.81. The third kappa shape index (κ3) is 2.44. The van der Waals surface area contributed by atoms with Gasteiger partial charge in [-0.05, 0) is 52.1 Å². The van der Waals surface area contributed by atoms with Crippen molar-refractivity contribution in [3.05, 3.63) is 0 Å². The molecular formula is C11H22N2. The smallest absolute Gasteiger partial charge is 0.0168 e. The average molecular weight is 182 g/mol. The molecule has 2 aliphatic rings. The molecule has 2 saturated heterocycles. The van der Waals surface area contributed by atoms with E-state index in [9.17, 15) is 0 Å². The van der Waals surface area contributed by atoms with E-state index in [1.54, 1.807) is 0 Å². The first kappa shape index (κ1) is 9.47. The summed E-state index contributed by atoms with van der Waals surface area (Å²) in [5.74, 6) is 0. The second-order valence-corrected chi connectivity index (χ2v) is 4.94. The van der Waals surface area contributed by atoms with Crippen LogP contribution in [-0.4, -0.2) is 24.7 Å². The molecule has 0 amide bonds. The predicted octanol–water partition coefficient (Wildman–Crippen LogP) is 1.66. The van der Waals surface area contributed by atoms with Crippen LogP contribution >= 0.6 is 0 Å². The van der Waals surface area contributed by atoms with Crippen molar-refractivity contribution in [1.29, 1.82) is 0 Å². The van der Waals surface area contributed by atoms with Crippen molar-refractivity contribution in [2.75, 3.05) is 13.1 Å². The monoisotopic (exact) mass is 182 g/mol. The van der Waals surface area contributed by atoms with Crippen molar-refractivity contribution in [3.63, 3.8) is 0 Å². The molecule has 0 radical (unpaired) electrons. The van der Waals surface area contributed by atoms with Gasteiger partial charge in [0.1, 0.15) is 0 Å². The van der Waals surface area contributed by atoms with Gasteiger partial charge in [-0.25, -0.2) is 0 Å². The lowest BCUT2D eigenvalue weighted by Crippen LogP contribution is -2.45. The normalized spacial score (nSPS) is 40.8. The molecule has 13 heavy (non-hydrogen) atoms. The van der Waals surface area contributed by atoms with Crippen molar-refractivity contribution in [2.24, 2.45) is 0 Å². The maximum Gasteiger partial charge on any atom is 0.0168 e. The average Bonchev–Trinajstić information content (AvgIpc) is 2.54. The molecular weight excluding hydrogens is 160 g/mol. The van der Waals surface area contributed by atoms with E-state index in [0.717, 1.165) is 6.04 Å². The lowest BCUT2D eigenvalue weighted by atomic mass is 9.88. The van der Waals surface area contributed by atoms with Crippen molar-refractivity contribution < 1.29 is 0 Å². The van der Waals surface area contributed by atoms with Crippen LogP contribution in [0.5, 0.6) is 0 Å². The van der Waals surface area contributed by atoms with Crippen LogP contribution < -0.4 is 10.6 Å². The molecule has 0 aromatic rings. The number of rotatable bonds is 2. The second-order valence-electron chi connectivity index (χ2n) is 4.94. The van der Waals surface area contributed by atoms with Crippen LogP contribution in [0.4, 0.5) is 0 Å². The van der Waals surface area contributed by atoms with Gasteiger partial charge in [0, 0.05) is 11.6 Å². The summed E-state index contributed by atoms with van der Waals surface area (Å²) in [4.78, 5) is 0. The quantitative estimate of drug-likeness (QED) is 0.678. The van der Waals surface area contributed by atoms with Crippen LogP contribution in [-0.2, 0) is 0 Å². The van der Waals surface area contributed by atoms with E-state index < -0.39 is 0 Å². The molecule has 0 bridgehead atoms. The highest BCUT2D eigenvalue weighted by Crippen LogP contribution is 2.26. The summed E-state index contributed by atoms with van der Waals surface area (Å²) in [5.41, 5.74) is 0.439. The molecule has 0 saturated carbocycles. The fourth-order valence-electron chi connectivity index (χ4n) is 2.77. The summed E-state index contributed by atoms with van der Waals surface area (Å²) in [6.07, 6.45) is 8.24. The van der Waals surface area contributed by atoms with Crippen molar-refractivity contribution >= 4 is 0 Å². The molecule has 0 aliphatic carbocycles. The van der Waals surface area contributed by atoms with Crippen molar-refractivity contribution in [1.82, 2.24) is 10.6 Å². The van der Waals surface area contributed by atoms with Gasteiger partial charge >= 0.3 is 0 Å². The Kier molecular flexibility index (Phi) is 2.89. The van der Waals surface area contributed by atoms with Crippen LogP contribution in [0.2, 0.25) is 0 Å². The first-order chi connectivity index (χ1) is 6.29. The van der Waals surface area contributed by atoms with Crippen LogP contribution in [0.15, 0.2) is 0 Å². The van der Waals surface area contributed by atoms with E-state index in [-0.39, 0.29) is 0 Å². The Morgan fingerprint density at radius 1 is 1.23 bits per heavy atom. The Morgan fingerprint density at radius 3 is 2.77 bits per heavy atom. The van der Waals surface area contributed by atoms with E-state index in [2.05, 4.69) is 17.6 Å². The third-order valence-electron chi connectivity index (χ3n) is 3.57. The molecule has 76 valence electrons. The number of hydrogen-bond acceptors (Lipinski definition) is 2. The zero-order chi connectivity index (χ0) is 9.15. The molecule has 2 atom stereocenters. The van der Waals surface area contributed by atoms with Crippen LogP contribution in [0, 0.1) is 0 Å². The molecule has 2 heteroatoms. The minimum atomic E-state index is 0.439. The van der Waals surface area contributed by atoms with Gasteiger partial charge in [-0.2, -0.15) is 0 Å². The minimum absolute atomic E-state index is 0.439. The Bertz CT molecular complexity index is 155. The first-order valence-corrected chi connectivity index (χ1v) is 5.77. The zero-order valence-corrected chi connectivity index (χ0v) is 8.73. The lowest BCUT2D eigenvalue weighted by Gasteiger charge is -2.32. The summed E-state index contributed by atoms with van der Waals surface area (Å²) in [5, 5.41) is 7.27. The molecule has 2 nitrogen and oxygen atoms in total. The summed E-state index contributed by atoms with van der Waals surface area (Å²) in [6, 6.07) is 0.782. The zero-order valence-electron chi connectivity index (χ0n) is 8.73. The molecule has 2 aliphatic heterocycles. The molecule has 0 aromatic carbocycles. The summed E-state index contributed by atoms with van der Waals surface area (Å²) in [7, 11) is 0. The van der Waals surface area contributed by atoms with E-state index >= 15 is 0 Å². The standard InChI is InChI=1S/C11H22N2/c1-11(6-4-8-13-11)9-10-5-2-3-7-12-10/h10,12-13H,2-9H2,1H3. The lowest BCUT2D eigenvalue weighted by molar-refractivity contribution is 0.285. The van der Waals surface area contributed by atoms with Gasteiger partial charge in [0.05, 0.1) is 0 Å².